The predicted molar refractivity (Wildman–Crippen MR) is 79.1 cm³/mol. The molecule has 2 rings (SSSR count). The molecule has 0 spiro atoms. The topological polar surface area (TPSA) is 29.9 Å². The number of hydrogen-bond acceptors (Lipinski definition) is 3. The number of rotatable bonds is 8. The van der Waals surface area contributed by atoms with Crippen molar-refractivity contribution >= 4 is 11.8 Å². The normalized spacial score (nSPS) is 19.5. The third-order valence-corrected chi connectivity index (χ3v) is 4.36. The summed E-state index contributed by atoms with van der Waals surface area (Å²) < 4.78 is 2.34. The summed E-state index contributed by atoms with van der Waals surface area (Å²) in [7, 11) is 0. The van der Waals surface area contributed by atoms with Gasteiger partial charge in [0.2, 0.25) is 0 Å². The Morgan fingerprint density at radius 3 is 3.06 bits per heavy atom. The number of imidazole rings is 1. The maximum Gasteiger partial charge on any atom is 0.0948 e. The van der Waals surface area contributed by atoms with E-state index in [0.717, 1.165) is 13.1 Å². The maximum atomic E-state index is 4.31. The minimum atomic E-state index is 0.545. The Morgan fingerprint density at radius 2 is 2.28 bits per heavy atom. The number of unbranched alkanes of at least 4 members (excludes halogenated alkanes) is 3. The number of aryl methyl sites for hydroxylation is 1. The van der Waals surface area contributed by atoms with Crippen LogP contribution in [0, 0.1) is 0 Å². The molecular weight excluding hydrogens is 242 g/mol. The van der Waals surface area contributed by atoms with Crippen LogP contribution in [-0.2, 0) is 6.54 Å². The molecule has 0 aromatic carbocycles. The van der Waals surface area contributed by atoms with E-state index in [4.69, 9.17) is 0 Å². The van der Waals surface area contributed by atoms with E-state index in [2.05, 4.69) is 21.1 Å². The fourth-order valence-electron chi connectivity index (χ4n) is 2.63. The lowest BCUT2D eigenvalue weighted by molar-refractivity contribution is 0.529. The van der Waals surface area contributed by atoms with Crippen LogP contribution < -0.4 is 5.32 Å². The van der Waals surface area contributed by atoms with Crippen molar-refractivity contribution in [3.63, 3.8) is 0 Å². The number of thioether (sulfide) groups is 1. The molecule has 2 heterocycles. The van der Waals surface area contributed by atoms with Gasteiger partial charge in [0.05, 0.1) is 12.0 Å². The summed E-state index contributed by atoms with van der Waals surface area (Å²) in [6, 6.07) is 0.545. The largest absolute Gasteiger partial charge is 0.333 e. The molecule has 1 aliphatic rings. The maximum absolute atomic E-state index is 4.31. The first-order valence-electron chi connectivity index (χ1n) is 7.14. The second-order valence-electron chi connectivity index (χ2n) is 5.07. The van der Waals surface area contributed by atoms with Gasteiger partial charge in [-0.25, -0.2) is 4.98 Å². The summed E-state index contributed by atoms with van der Waals surface area (Å²) in [6.07, 6.45) is 14.1. The van der Waals surface area contributed by atoms with Crippen molar-refractivity contribution in [1.29, 1.82) is 0 Å². The molecule has 102 valence electrons. The Hall–Kier alpha value is -0.480. The van der Waals surface area contributed by atoms with Crippen molar-refractivity contribution in [3.05, 3.63) is 18.2 Å². The predicted octanol–water partition coefficient (Wildman–Crippen LogP) is 3.23. The van der Waals surface area contributed by atoms with Gasteiger partial charge in [0.15, 0.2) is 0 Å². The second kappa shape index (κ2) is 7.85. The second-order valence-corrected chi connectivity index (χ2v) is 6.05. The van der Waals surface area contributed by atoms with Gasteiger partial charge in [-0.3, -0.25) is 0 Å². The van der Waals surface area contributed by atoms with Gasteiger partial charge >= 0.3 is 0 Å². The summed E-state index contributed by atoms with van der Waals surface area (Å²) in [5.41, 5.74) is 1.39. The van der Waals surface area contributed by atoms with Crippen molar-refractivity contribution < 1.29 is 0 Å². The molecule has 1 aromatic rings. The fourth-order valence-corrected chi connectivity index (χ4v) is 3.12. The summed E-state index contributed by atoms with van der Waals surface area (Å²) in [5.74, 6) is 1.31. The molecule has 0 bridgehead atoms. The zero-order chi connectivity index (χ0) is 12.6. The van der Waals surface area contributed by atoms with E-state index >= 15 is 0 Å². The van der Waals surface area contributed by atoms with E-state index in [-0.39, 0.29) is 0 Å². The van der Waals surface area contributed by atoms with E-state index in [1.54, 1.807) is 0 Å². The molecule has 0 amide bonds. The number of nitrogens with one attached hydrogen (secondary N) is 1. The third kappa shape index (κ3) is 4.02. The highest BCUT2D eigenvalue weighted by atomic mass is 32.2. The molecular formula is C14H25N3S. The van der Waals surface area contributed by atoms with Crippen molar-refractivity contribution in [3.8, 4) is 0 Å². The Bertz CT molecular complexity index is 332. The molecule has 3 nitrogen and oxygen atoms in total. The van der Waals surface area contributed by atoms with Crippen LogP contribution in [0.1, 0.15) is 50.3 Å². The quantitative estimate of drug-likeness (QED) is 0.733. The number of aromatic nitrogens is 2. The molecule has 1 atom stereocenters. The van der Waals surface area contributed by atoms with Crippen LogP contribution in [0.2, 0.25) is 0 Å². The molecule has 0 radical (unpaired) electrons. The lowest BCUT2D eigenvalue weighted by atomic mass is 10.1. The molecule has 1 N–H and O–H groups in total. The Kier molecular flexibility index (Phi) is 6.08. The Balaban J connectivity index is 1.70. The van der Waals surface area contributed by atoms with Crippen LogP contribution in [0.5, 0.6) is 0 Å². The number of hydrogen-bond donors (Lipinski definition) is 1. The van der Waals surface area contributed by atoms with Gasteiger partial charge in [0.25, 0.3) is 0 Å². The summed E-state index contributed by atoms with van der Waals surface area (Å²) in [5, 5.41) is 3.55. The number of nitrogens with zero attached hydrogens (tertiary/aromatic N) is 2. The van der Waals surface area contributed by atoms with E-state index in [0.29, 0.717) is 6.04 Å². The lowest BCUT2D eigenvalue weighted by Crippen LogP contribution is -2.16. The first-order valence-corrected chi connectivity index (χ1v) is 8.53. The summed E-state index contributed by atoms with van der Waals surface area (Å²) in [4.78, 5) is 4.31. The van der Waals surface area contributed by atoms with Crippen molar-refractivity contribution in [1.82, 2.24) is 14.9 Å². The van der Waals surface area contributed by atoms with Gasteiger partial charge in [-0.1, -0.05) is 12.8 Å². The third-order valence-electron chi connectivity index (χ3n) is 3.66. The van der Waals surface area contributed by atoms with Gasteiger partial charge < -0.3 is 9.88 Å². The smallest absolute Gasteiger partial charge is 0.0948 e. The van der Waals surface area contributed by atoms with Crippen molar-refractivity contribution in [2.45, 2.75) is 51.1 Å². The van der Waals surface area contributed by atoms with Crippen LogP contribution in [0.15, 0.2) is 12.5 Å². The van der Waals surface area contributed by atoms with Crippen molar-refractivity contribution in [2.24, 2.45) is 0 Å². The van der Waals surface area contributed by atoms with Crippen LogP contribution in [-0.4, -0.2) is 28.1 Å². The molecule has 4 heteroatoms. The van der Waals surface area contributed by atoms with Crippen LogP contribution in [0.25, 0.3) is 0 Å². The fraction of sp³-hybridized carbons (Fsp3) is 0.786. The molecule has 0 saturated carbocycles. The zero-order valence-electron chi connectivity index (χ0n) is 11.4. The van der Waals surface area contributed by atoms with Crippen LogP contribution >= 0.6 is 11.8 Å². The highest BCUT2D eigenvalue weighted by Crippen LogP contribution is 2.22. The SMILES string of the molecule is CSCCCCCCn1cncc1C1CCCN1. The van der Waals surface area contributed by atoms with Gasteiger partial charge in [-0.15, -0.1) is 0 Å². The standard InChI is InChI=1S/C14H25N3S/c1-18-10-5-3-2-4-9-17-12-15-11-14(17)13-7-6-8-16-13/h11-13,16H,2-10H2,1H3. The highest BCUT2D eigenvalue weighted by molar-refractivity contribution is 7.98. The summed E-state index contributed by atoms with van der Waals surface area (Å²) in [6.45, 7) is 2.29. The van der Waals surface area contributed by atoms with E-state index in [1.165, 1.54) is 50.0 Å². The lowest BCUT2D eigenvalue weighted by Gasteiger charge is -2.13. The molecule has 1 aromatic heterocycles. The van der Waals surface area contributed by atoms with Crippen molar-refractivity contribution in [2.75, 3.05) is 18.6 Å². The summed E-state index contributed by atoms with van der Waals surface area (Å²) >= 11 is 1.95. The minimum absolute atomic E-state index is 0.545. The van der Waals surface area contributed by atoms with E-state index in [9.17, 15) is 0 Å². The first kappa shape index (κ1) is 13.9. The van der Waals surface area contributed by atoms with Gasteiger partial charge in [-0.05, 0) is 44.2 Å². The van der Waals surface area contributed by atoms with Crippen LogP contribution in [0.3, 0.4) is 0 Å². The van der Waals surface area contributed by atoms with E-state index in [1.807, 2.05) is 24.3 Å². The van der Waals surface area contributed by atoms with Gasteiger partial charge in [0, 0.05) is 18.8 Å². The highest BCUT2D eigenvalue weighted by Gasteiger charge is 2.19. The van der Waals surface area contributed by atoms with Gasteiger partial charge in [0.1, 0.15) is 0 Å². The Labute approximate surface area is 115 Å². The molecule has 1 unspecified atom stereocenters. The first-order chi connectivity index (χ1) is 8.92. The molecule has 0 aliphatic carbocycles. The minimum Gasteiger partial charge on any atom is -0.333 e. The molecule has 18 heavy (non-hydrogen) atoms. The average molecular weight is 267 g/mol. The van der Waals surface area contributed by atoms with E-state index < -0.39 is 0 Å². The Morgan fingerprint density at radius 1 is 1.39 bits per heavy atom. The molecule has 1 saturated heterocycles. The average Bonchev–Trinajstić information content (AvgIpc) is 3.03. The zero-order valence-corrected chi connectivity index (χ0v) is 12.2. The molecule has 1 aliphatic heterocycles. The van der Waals surface area contributed by atoms with Crippen LogP contribution in [0.4, 0.5) is 0 Å². The molecule has 1 fully saturated rings. The monoisotopic (exact) mass is 267 g/mol. The van der Waals surface area contributed by atoms with Gasteiger partial charge in [-0.2, -0.15) is 11.8 Å².